The zero-order chi connectivity index (χ0) is 15.5. The molecule has 1 unspecified atom stereocenters. The fourth-order valence-electron chi connectivity index (χ4n) is 2.49. The molecule has 0 saturated carbocycles. The number of halogens is 1. The van der Waals surface area contributed by atoms with E-state index in [2.05, 4.69) is 15.9 Å². The van der Waals surface area contributed by atoms with Crippen LogP contribution in [0.3, 0.4) is 0 Å². The van der Waals surface area contributed by atoms with Crippen molar-refractivity contribution in [1.29, 1.82) is 0 Å². The van der Waals surface area contributed by atoms with Crippen molar-refractivity contribution in [2.75, 3.05) is 13.1 Å². The number of amides is 1. The fourth-order valence-corrected chi connectivity index (χ4v) is 2.90. The van der Waals surface area contributed by atoms with Crippen LogP contribution in [0.15, 0.2) is 34.8 Å². The summed E-state index contributed by atoms with van der Waals surface area (Å²) in [5.41, 5.74) is 0.0908. The molecule has 2 rings (SSSR count). The summed E-state index contributed by atoms with van der Waals surface area (Å²) in [5, 5.41) is 9.27. The van der Waals surface area contributed by atoms with E-state index in [9.17, 15) is 14.7 Å². The molecule has 1 N–H and O–H groups in total. The highest BCUT2D eigenvalue weighted by Crippen LogP contribution is 2.29. The maximum atomic E-state index is 12.2. The lowest BCUT2D eigenvalue weighted by molar-refractivity contribution is -0.152. The third-order valence-electron chi connectivity index (χ3n) is 3.79. The van der Waals surface area contributed by atoms with E-state index in [0.717, 1.165) is 16.5 Å². The summed E-state index contributed by atoms with van der Waals surface area (Å²) in [5.74, 6) is -0.974. The van der Waals surface area contributed by atoms with Crippen molar-refractivity contribution in [2.24, 2.45) is 5.41 Å². The molecule has 4 nitrogen and oxygen atoms in total. The molecule has 112 valence electrons. The normalized spacial score (nSPS) is 22.5. The van der Waals surface area contributed by atoms with Gasteiger partial charge < -0.3 is 10.0 Å². The molecule has 0 spiro atoms. The van der Waals surface area contributed by atoms with Gasteiger partial charge >= 0.3 is 5.97 Å². The first-order valence-electron chi connectivity index (χ1n) is 6.87. The van der Waals surface area contributed by atoms with E-state index in [1.165, 1.54) is 6.08 Å². The van der Waals surface area contributed by atoms with Crippen LogP contribution < -0.4 is 0 Å². The van der Waals surface area contributed by atoms with Crippen LogP contribution in [0, 0.1) is 5.41 Å². The SMILES string of the molecule is CC1(C(=O)O)CCCN(C(=O)C=Cc2cccc(Br)c2)C1. The van der Waals surface area contributed by atoms with Gasteiger partial charge in [0.25, 0.3) is 0 Å². The topological polar surface area (TPSA) is 57.6 Å². The van der Waals surface area contributed by atoms with Gasteiger partial charge in [-0.05, 0) is 43.5 Å². The number of carbonyl (C=O) groups is 2. The Labute approximate surface area is 132 Å². The Morgan fingerprint density at radius 2 is 2.19 bits per heavy atom. The summed E-state index contributed by atoms with van der Waals surface area (Å²) in [4.78, 5) is 25.1. The third kappa shape index (κ3) is 3.94. The maximum Gasteiger partial charge on any atom is 0.311 e. The summed E-state index contributed by atoms with van der Waals surface area (Å²) < 4.78 is 0.952. The molecule has 0 radical (unpaired) electrons. The second-order valence-electron chi connectivity index (χ2n) is 5.62. The van der Waals surface area contributed by atoms with Crippen LogP contribution in [-0.4, -0.2) is 35.0 Å². The van der Waals surface area contributed by atoms with E-state index >= 15 is 0 Å². The first-order chi connectivity index (χ1) is 9.90. The van der Waals surface area contributed by atoms with Crippen molar-refractivity contribution in [3.63, 3.8) is 0 Å². The van der Waals surface area contributed by atoms with Crippen LogP contribution in [0.1, 0.15) is 25.3 Å². The van der Waals surface area contributed by atoms with Gasteiger partial charge in [0.2, 0.25) is 5.91 Å². The second-order valence-corrected chi connectivity index (χ2v) is 6.53. The maximum absolute atomic E-state index is 12.2. The van der Waals surface area contributed by atoms with Gasteiger partial charge in [0.15, 0.2) is 0 Å². The average molecular weight is 352 g/mol. The lowest BCUT2D eigenvalue weighted by Gasteiger charge is -2.37. The monoisotopic (exact) mass is 351 g/mol. The number of aliphatic carboxylic acids is 1. The van der Waals surface area contributed by atoms with Gasteiger partial charge in [0, 0.05) is 23.6 Å². The number of rotatable bonds is 3. The summed E-state index contributed by atoms with van der Waals surface area (Å²) >= 11 is 3.38. The highest BCUT2D eigenvalue weighted by atomic mass is 79.9. The Morgan fingerprint density at radius 3 is 2.86 bits per heavy atom. The fraction of sp³-hybridized carbons (Fsp3) is 0.375. The Hall–Kier alpha value is -1.62. The van der Waals surface area contributed by atoms with Gasteiger partial charge in [-0.25, -0.2) is 0 Å². The molecule has 5 heteroatoms. The number of carboxylic acids is 1. The van der Waals surface area contributed by atoms with Gasteiger partial charge in [-0.15, -0.1) is 0 Å². The smallest absolute Gasteiger partial charge is 0.311 e. The van der Waals surface area contributed by atoms with E-state index in [0.29, 0.717) is 13.0 Å². The molecule has 1 aliphatic heterocycles. The van der Waals surface area contributed by atoms with E-state index in [1.54, 1.807) is 17.9 Å². The first kappa shape index (κ1) is 15.8. The molecule has 0 bridgehead atoms. The van der Waals surface area contributed by atoms with Gasteiger partial charge in [-0.2, -0.15) is 0 Å². The highest BCUT2D eigenvalue weighted by molar-refractivity contribution is 9.10. The van der Waals surface area contributed by atoms with Crippen LogP contribution in [0.4, 0.5) is 0 Å². The molecule has 0 aromatic heterocycles. The number of nitrogens with zero attached hydrogens (tertiary/aromatic N) is 1. The van der Waals surface area contributed by atoms with Crippen LogP contribution in [0.25, 0.3) is 6.08 Å². The Kier molecular flexibility index (Phi) is 4.83. The average Bonchev–Trinajstić information content (AvgIpc) is 2.45. The number of hydrogen-bond donors (Lipinski definition) is 1. The Morgan fingerprint density at radius 1 is 1.43 bits per heavy atom. The number of carboxylic acid groups (broad SMARTS) is 1. The lowest BCUT2D eigenvalue weighted by atomic mass is 9.82. The molecular formula is C16H18BrNO3. The number of benzene rings is 1. The largest absolute Gasteiger partial charge is 0.481 e. The first-order valence-corrected chi connectivity index (χ1v) is 7.66. The second kappa shape index (κ2) is 6.43. The predicted molar refractivity (Wildman–Crippen MR) is 84.7 cm³/mol. The summed E-state index contributed by atoms with van der Waals surface area (Å²) in [6, 6.07) is 7.65. The van der Waals surface area contributed by atoms with E-state index in [4.69, 9.17) is 0 Å². The number of piperidine rings is 1. The molecule has 1 heterocycles. The molecular weight excluding hydrogens is 334 g/mol. The van der Waals surface area contributed by atoms with Crippen molar-refractivity contribution < 1.29 is 14.7 Å². The number of hydrogen-bond acceptors (Lipinski definition) is 2. The standard InChI is InChI=1S/C16H18BrNO3/c1-16(15(20)21)8-3-9-18(11-16)14(19)7-6-12-4-2-5-13(17)10-12/h2,4-7,10H,3,8-9,11H2,1H3,(H,20,21). The molecule has 1 aromatic carbocycles. The van der Waals surface area contributed by atoms with Crippen LogP contribution in [-0.2, 0) is 9.59 Å². The summed E-state index contributed by atoms with van der Waals surface area (Å²) in [6.45, 7) is 2.58. The number of carbonyl (C=O) groups excluding carboxylic acids is 1. The molecule has 1 fully saturated rings. The van der Waals surface area contributed by atoms with E-state index < -0.39 is 11.4 Å². The lowest BCUT2D eigenvalue weighted by Crippen LogP contribution is -2.47. The zero-order valence-corrected chi connectivity index (χ0v) is 13.5. The highest BCUT2D eigenvalue weighted by Gasteiger charge is 2.38. The van der Waals surface area contributed by atoms with Crippen LogP contribution >= 0.6 is 15.9 Å². The number of likely N-dealkylation sites (tertiary alicyclic amines) is 1. The van der Waals surface area contributed by atoms with Crippen molar-refractivity contribution >= 4 is 33.9 Å². The Bertz CT molecular complexity index is 585. The van der Waals surface area contributed by atoms with Gasteiger partial charge in [-0.1, -0.05) is 28.1 Å². The van der Waals surface area contributed by atoms with Crippen molar-refractivity contribution in [3.8, 4) is 0 Å². The van der Waals surface area contributed by atoms with Gasteiger partial charge in [-0.3, -0.25) is 9.59 Å². The quantitative estimate of drug-likeness (QED) is 0.850. The van der Waals surface area contributed by atoms with Gasteiger partial charge in [0.1, 0.15) is 0 Å². The predicted octanol–water partition coefficient (Wildman–Crippen LogP) is 3.18. The minimum Gasteiger partial charge on any atom is -0.481 e. The van der Waals surface area contributed by atoms with Crippen molar-refractivity contribution in [2.45, 2.75) is 19.8 Å². The third-order valence-corrected chi connectivity index (χ3v) is 4.28. The molecule has 1 aromatic rings. The molecule has 1 saturated heterocycles. The Balaban J connectivity index is 2.05. The van der Waals surface area contributed by atoms with Crippen molar-refractivity contribution in [1.82, 2.24) is 4.90 Å². The minimum absolute atomic E-state index is 0.137. The van der Waals surface area contributed by atoms with E-state index in [-0.39, 0.29) is 12.5 Å². The van der Waals surface area contributed by atoms with Crippen LogP contribution in [0.5, 0.6) is 0 Å². The van der Waals surface area contributed by atoms with Crippen molar-refractivity contribution in [3.05, 3.63) is 40.4 Å². The summed E-state index contributed by atoms with van der Waals surface area (Å²) in [7, 11) is 0. The summed E-state index contributed by atoms with van der Waals surface area (Å²) in [6.07, 6.45) is 4.59. The molecule has 1 aliphatic rings. The molecule has 1 atom stereocenters. The van der Waals surface area contributed by atoms with E-state index in [1.807, 2.05) is 24.3 Å². The molecule has 1 amide bonds. The minimum atomic E-state index is -0.837. The molecule has 21 heavy (non-hydrogen) atoms. The zero-order valence-electron chi connectivity index (χ0n) is 11.9. The molecule has 0 aliphatic carbocycles. The van der Waals surface area contributed by atoms with Gasteiger partial charge in [0.05, 0.1) is 5.41 Å². The van der Waals surface area contributed by atoms with Crippen LogP contribution in [0.2, 0.25) is 0 Å².